The molecule has 292 valence electrons. The molecule has 2 fully saturated rings. The number of carbonyl (C=O) groups is 3. The number of phenolic OH excluding ortho intramolecular Hbond substituents is 2. The second-order valence-corrected chi connectivity index (χ2v) is 16.0. The number of rotatable bonds is 10. The number of hydrogen-bond acceptors (Lipinski definition) is 14. The number of Topliss-reactive ketones (excluding diaryl/α,β-unsaturated/α-hetero) is 1. The standard InChI is InChI=1S/C27H29NO11.C7H15Cl2N2O2P/c1-10-22(31)13(28)6-17(38-10)39-15-8-27(36,16(30)9-29)7-12-19(15)26(35)21-20(24(12)33)23(32)11-4-3-5-14(37-2)18(11)25(21)34;8-2-5-11(6-3-9)14(12)10-4-1-7-13-14/h3-5,10,13,15,17,22,29,31,33,35-36H,6-9,28H2,1-2H3;1-7H2,(H,10,12)/t10-,13-,15-,17-,22-,27-;/m0./s1. The summed E-state index contributed by atoms with van der Waals surface area (Å²) in [5.74, 6) is -2.93. The number of phenols is 2. The van der Waals surface area contributed by atoms with Gasteiger partial charge in [-0.15, -0.1) is 23.2 Å². The summed E-state index contributed by atoms with van der Waals surface area (Å²) in [6.45, 7) is 2.87. The number of aliphatic hydroxyl groups is 3. The van der Waals surface area contributed by atoms with Crippen molar-refractivity contribution < 1.29 is 63.2 Å². The van der Waals surface area contributed by atoms with Gasteiger partial charge in [0.25, 0.3) is 0 Å². The molecule has 4 aliphatic rings. The lowest BCUT2D eigenvalue weighted by Crippen LogP contribution is -2.53. The van der Waals surface area contributed by atoms with Crippen LogP contribution in [0.1, 0.15) is 75.3 Å². The van der Waals surface area contributed by atoms with Crippen LogP contribution in [0.4, 0.5) is 0 Å². The van der Waals surface area contributed by atoms with Gasteiger partial charge in [0.15, 0.2) is 17.9 Å². The van der Waals surface area contributed by atoms with Gasteiger partial charge in [0, 0.05) is 73.4 Å². The van der Waals surface area contributed by atoms with E-state index in [-0.39, 0.29) is 34.4 Å². The Morgan fingerprint density at radius 1 is 1.13 bits per heavy atom. The minimum Gasteiger partial charge on any atom is -0.507 e. The Hall–Kier alpha value is -2.70. The third-order valence-corrected chi connectivity index (χ3v) is 12.4. The fraction of sp³-hybridized carbons (Fsp3) is 0.559. The van der Waals surface area contributed by atoms with Gasteiger partial charge in [-0.2, -0.15) is 0 Å². The van der Waals surface area contributed by atoms with Crippen molar-refractivity contribution in [2.24, 2.45) is 5.73 Å². The van der Waals surface area contributed by atoms with E-state index in [0.29, 0.717) is 31.5 Å². The van der Waals surface area contributed by atoms with E-state index in [4.69, 9.17) is 47.7 Å². The van der Waals surface area contributed by atoms with Crippen LogP contribution in [0.3, 0.4) is 0 Å². The number of methoxy groups -OCH3 is 1. The molecule has 0 radical (unpaired) electrons. The van der Waals surface area contributed by atoms with Crippen LogP contribution < -0.4 is 15.6 Å². The monoisotopic (exact) mass is 803 g/mol. The smallest absolute Gasteiger partial charge is 0.343 e. The van der Waals surface area contributed by atoms with Gasteiger partial charge in [0.2, 0.25) is 5.78 Å². The van der Waals surface area contributed by atoms with Crippen molar-refractivity contribution in [2.45, 2.75) is 68.9 Å². The van der Waals surface area contributed by atoms with Crippen LogP contribution >= 0.6 is 30.9 Å². The molecule has 0 amide bonds. The van der Waals surface area contributed by atoms with Crippen molar-refractivity contribution >= 4 is 48.2 Å². The average Bonchev–Trinajstić information content (AvgIpc) is 3.13. The Balaban J connectivity index is 0.000000326. The van der Waals surface area contributed by atoms with E-state index in [0.717, 1.165) is 13.0 Å². The minimum atomic E-state index is -2.84. The summed E-state index contributed by atoms with van der Waals surface area (Å²) in [5, 5.41) is 56.6. The topological polar surface area (TPSA) is 248 Å². The highest BCUT2D eigenvalue weighted by molar-refractivity contribution is 7.54. The largest absolute Gasteiger partial charge is 0.507 e. The fourth-order valence-electron chi connectivity index (χ4n) is 7.03. The number of fused-ring (bicyclic) bond motifs is 3. The molecule has 16 nitrogen and oxygen atoms in total. The van der Waals surface area contributed by atoms with E-state index in [1.807, 2.05) is 0 Å². The first-order chi connectivity index (χ1) is 25.2. The molecule has 1 unspecified atom stereocenters. The molecule has 2 aliphatic heterocycles. The molecular weight excluding hydrogens is 760 g/mol. The van der Waals surface area contributed by atoms with Gasteiger partial charge >= 0.3 is 7.67 Å². The zero-order chi connectivity index (χ0) is 38.8. The van der Waals surface area contributed by atoms with Crippen molar-refractivity contribution in [1.82, 2.24) is 9.76 Å². The number of nitrogens with two attached hydrogens (primary N) is 1. The van der Waals surface area contributed by atoms with Crippen LogP contribution in [0.25, 0.3) is 0 Å². The van der Waals surface area contributed by atoms with Crippen LogP contribution in [0, 0.1) is 0 Å². The van der Waals surface area contributed by atoms with Gasteiger partial charge in [-0.05, 0) is 19.4 Å². The highest BCUT2D eigenvalue weighted by Crippen LogP contribution is 2.53. The van der Waals surface area contributed by atoms with E-state index in [2.05, 4.69) is 5.09 Å². The third kappa shape index (κ3) is 8.02. The van der Waals surface area contributed by atoms with Crippen LogP contribution in [-0.2, 0) is 29.8 Å². The van der Waals surface area contributed by atoms with Gasteiger partial charge < -0.3 is 50.0 Å². The van der Waals surface area contributed by atoms with Crippen molar-refractivity contribution in [1.29, 1.82) is 0 Å². The predicted molar refractivity (Wildman–Crippen MR) is 191 cm³/mol. The Bertz CT molecular complexity index is 1760. The first-order valence-corrected chi connectivity index (χ1v) is 19.7. The van der Waals surface area contributed by atoms with Gasteiger partial charge in [0.05, 0.1) is 48.7 Å². The molecule has 2 aliphatic carbocycles. The maximum Gasteiger partial charge on any atom is 0.343 e. The molecule has 2 aromatic rings. The molecule has 53 heavy (non-hydrogen) atoms. The Kier molecular flexibility index (Phi) is 13.3. The summed E-state index contributed by atoms with van der Waals surface area (Å²) in [4.78, 5) is 39.7. The van der Waals surface area contributed by atoms with Gasteiger partial charge in [0.1, 0.15) is 29.5 Å². The number of aliphatic hydroxyl groups excluding tert-OH is 2. The molecule has 2 aromatic carbocycles. The molecule has 0 saturated carbocycles. The summed E-state index contributed by atoms with van der Waals surface area (Å²) in [6, 6.07) is 3.64. The van der Waals surface area contributed by atoms with Crippen molar-refractivity contribution in [3.05, 3.63) is 51.6 Å². The second kappa shape index (κ2) is 17.0. The number of benzene rings is 2. The lowest BCUT2D eigenvalue weighted by molar-refractivity contribution is -0.247. The fourth-order valence-corrected chi connectivity index (χ4v) is 9.67. The molecule has 7 atom stereocenters. The lowest BCUT2D eigenvalue weighted by atomic mass is 9.72. The van der Waals surface area contributed by atoms with Crippen molar-refractivity contribution in [2.75, 3.05) is 51.7 Å². The normalized spacial score (nSPS) is 29.4. The zero-order valence-electron chi connectivity index (χ0n) is 29.1. The quantitative estimate of drug-likeness (QED) is 0.0879. The summed E-state index contributed by atoms with van der Waals surface area (Å²) in [7, 11) is -1.52. The number of carbonyl (C=O) groups excluding carboxylic acids is 3. The summed E-state index contributed by atoms with van der Waals surface area (Å²) < 4.78 is 36.2. The van der Waals surface area contributed by atoms with E-state index in [1.165, 1.54) is 25.3 Å². The summed E-state index contributed by atoms with van der Waals surface area (Å²) in [5.41, 5.74) is 2.37. The van der Waals surface area contributed by atoms with E-state index in [1.54, 1.807) is 11.6 Å². The Morgan fingerprint density at radius 2 is 1.81 bits per heavy atom. The number of ether oxygens (including phenoxy) is 3. The number of nitrogens with one attached hydrogen (secondary N) is 1. The van der Waals surface area contributed by atoms with Crippen LogP contribution in [0.2, 0.25) is 0 Å². The Labute approximate surface area is 315 Å². The van der Waals surface area contributed by atoms with Crippen molar-refractivity contribution in [3.8, 4) is 17.2 Å². The third-order valence-electron chi connectivity index (χ3n) is 9.76. The molecule has 2 saturated heterocycles. The molecule has 2 heterocycles. The zero-order valence-corrected chi connectivity index (χ0v) is 31.5. The number of halogens is 2. The predicted octanol–water partition coefficient (Wildman–Crippen LogP) is 1.89. The van der Waals surface area contributed by atoms with Gasteiger partial charge in [-0.3, -0.25) is 18.9 Å². The lowest BCUT2D eigenvalue weighted by Gasteiger charge is -2.42. The maximum atomic E-state index is 13.6. The first kappa shape index (κ1) is 41.5. The summed E-state index contributed by atoms with van der Waals surface area (Å²) >= 11 is 11.2. The van der Waals surface area contributed by atoms with Gasteiger partial charge in [-0.1, -0.05) is 12.1 Å². The SMILES string of the molecule is COc1cccc2c1C(=O)c1c(O)c3c(c(O)c1C2=O)C[C@@](O)(C(=O)CO)C[C@@H]3O[C@H]1C[C@H](N)[C@@H](O)[C@H](C)O1.O=P1(N(CCCl)CCCl)NCCCO1. The summed E-state index contributed by atoms with van der Waals surface area (Å²) in [6.07, 6.45) is -4.23. The molecule has 19 heteroatoms. The highest BCUT2D eigenvalue weighted by atomic mass is 35.5. The molecule has 8 N–H and O–H groups in total. The molecule has 0 spiro atoms. The minimum absolute atomic E-state index is 0.0173. The van der Waals surface area contributed by atoms with E-state index in [9.17, 15) is 44.5 Å². The number of ketones is 3. The molecule has 0 bridgehead atoms. The van der Waals surface area contributed by atoms with Gasteiger partial charge in [-0.25, -0.2) is 9.76 Å². The van der Waals surface area contributed by atoms with Crippen molar-refractivity contribution in [3.63, 3.8) is 0 Å². The van der Waals surface area contributed by atoms with Crippen LogP contribution in [-0.4, -0.2) is 129 Å². The van der Waals surface area contributed by atoms with E-state index >= 15 is 0 Å². The van der Waals surface area contributed by atoms with Crippen LogP contribution in [0.5, 0.6) is 17.2 Å². The Morgan fingerprint density at radius 3 is 2.40 bits per heavy atom. The molecule has 0 aromatic heterocycles. The number of alkyl halides is 2. The molecular formula is C34H44Cl2N3O13P. The number of hydrogen-bond donors (Lipinski definition) is 7. The molecule has 6 rings (SSSR count). The second-order valence-electron chi connectivity index (χ2n) is 13.1. The highest BCUT2D eigenvalue weighted by Gasteiger charge is 2.50. The maximum absolute atomic E-state index is 13.6. The number of aromatic hydroxyl groups is 2. The number of nitrogens with zero attached hydrogens (tertiary/aromatic N) is 1. The first-order valence-electron chi connectivity index (χ1n) is 17.0. The van der Waals surface area contributed by atoms with E-state index < -0.39 is 103 Å². The average molecular weight is 805 g/mol. The van der Waals surface area contributed by atoms with Crippen LogP contribution in [0.15, 0.2) is 18.2 Å².